The number of ether oxygens (including phenoxy) is 2. The van der Waals surface area contributed by atoms with Gasteiger partial charge in [-0.1, -0.05) is 13.8 Å². The molecule has 0 heterocycles. The molecular weight excluding hydrogens is 318 g/mol. The molecule has 0 radical (unpaired) electrons. The van der Waals surface area contributed by atoms with Crippen molar-refractivity contribution in [3.8, 4) is 11.5 Å². The largest absolute Gasteiger partial charge is 0.494 e. The summed E-state index contributed by atoms with van der Waals surface area (Å²) in [5, 5.41) is 2.65. The number of hydrogen-bond donors (Lipinski definition) is 1. The standard InChI is InChI=1S/C20H23NO4/c1-14(2)12-13-24-18-8-4-16(5-9-18)20(23)25-19-10-6-17(7-11-19)21-15(3)22/h4-11,14H,12-13H2,1-3H3,(H,21,22). The maximum Gasteiger partial charge on any atom is 0.343 e. The summed E-state index contributed by atoms with van der Waals surface area (Å²) < 4.78 is 10.9. The monoisotopic (exact) mass is 341 g/mol. The molecule has 0 saturated carbocycles. The fourth-order valence-electron chi connectivity index (χ4n) is 2.08. The van der Waals surface area contributed by atoms with E-state index < -0.39 is 5.97 Å². The third-order valence-corrected chi connectivity index (χ3v) is 3.44. The van der Waals surface area contributed by atoms with Gasteiger partial charge in [0, 0.05) is 12.6 Å². The summed E-state index contributed by atoms with van der Waals surface area (Å²) in [6.45, 7) is 6.38. The Morgan fingerprint density at radius 3 is 2.12 bits per heavy atom. The Balaban J connectivity index is 1.90. The third-order valence-electron chi connectivity index (χ3n) is 3.44. The lowest BCUT2D eigenvalue weighted by atomic mass is 10.1. The first-order valence-corrected chi connectivity index (χ1v) is 8.26. The molecule has 0 atom stereocenters. The number of carbonyl (C=O) groups excluding carboxylic acids is 2. The molecule has 0 spiro atoms. The van der Waals surface area contributed by atoms with Gasteiger partial charge in [0.15, 0.2) is 0 Å². The van der Waals surface area contributed by atoms with Gasteiger partial charge in [0.1, 0.15) is 11.5 Å². The van der Waals surface area contributed by atoms with Crippen molar-refractivity contribution in [3.05, 3.63) is 54.1 Å². The van der Waals surface area contributed by atoms with E-state index >= 15 is 0 Å². The van der Waals surface area contributed by atoms with Crippen LogP contribution in [-0.4, -0.2) is 18.5 Å². The van der Waals surface area contributed by atoms with Crippen LogP contribution in [0.5, 0.6) is 11.5 Å². The van der Waals surface area contributed by atoms with Crippen LogP contribution in [0, 0.1) is 5.92 Å². The highest BCUT2D eigenvalue weighted by atomic mass is 16.5. The molecule has 1 amide bonds. The van der Waals surface area contributed by atoms with Gasteiger partial charge >= 0.3 is 5.97 Å². The first kappa shape index (κ1) is 18.5. The molecule has 0 aliphatic rings. The molecule has 0 aromatic heterocycles. The van der Waals surface area contributed by atoms with Crippen LogP contribution in [0.3, 0.4) is 0 Å². The van der Waals surface area contributed by atoms with Crippen molar-refractivity contribution in [3.63, 3.8) is 0 Å². The molecule has 0 aliphatic carbocycles. The summed E-state index contributed by atoms with van der Waals surface area (Å²) in [7, 11) is 0. The van der Waals surface area contributed by atoms with E-state index in [-0.39, 0.29) is 5.91 Å². The van der Waals surface area contributed by atoms with Crippen LogP contribution in [-0.2, 0) is 4.79 Å². The van der Waals surface area contributed by atoms with Crippen molar-refractivity contribution >= 4 is 17.6 Å². The van der Waals surface area contributed by atoms with Crippen molar-refractivity contribution in [2.24, 2.45) is 5.92 Å². The fourth-order valence-corrected chi connectivity index (χ4v) is 2.08. The molecule has 1 N–H and O–H groups in total. The highest BCUT2D eigenvalue weighted by Gasteiger charge is 2.09. The molecule has 0 saturated heterocycles. The second kappa shape index (κ2) is 8.87. The van der Waals surface area contributed by atoms with E-state index in [1.807, 2.05) is 0 Å². The maximum absolute atomic E-state index is 12.2. The van der Waals surface area contributed by atoms with Gasteiger partial charge in [0.05, 0.1) is 12.2 Å². The first-order valence-electron chi connectivity index (χ1n) is 8.26. The van der Waals surface area contributed by atoms with Crippen molar-refractivity contribution in [2.75, 3.05) is 11.9 Å². The summed E-state index contributed by atoms with van der Waals surface area (Å²) in [6.07, 6.45) is 0.984. The smallest absolute Gasteiger partial charge is 0.343 e. The molecule has 5 nitrogen and oxygen atoms in total. The van der Waals surface area contributed by atoms with Gasteiger partial charge < -0.3 is 14.8 Å². The zero-order chi connectivity index (χ0) is 18.2. The number of anilines is 1. The number of nitrogens with one attached hydrogen (secondary N) is 1. The van der Waals surface area contributed by atoms with E-state index in [1.54, 1.807) is 48.5 Å². The van der Waals surface area contributed by atoms with Crippen molar-refractivity contribution < 1.29 is 19.1 Å². The Labute approximate surface area is 148 Å². The summed E-state index contributed by atoms with van der Waals surface area (Å²) in [6, 6.07) is 13.5. The van der Waals surface area contributed by atoms with Gasteiger partial charge in [0.2, 0.25) is 5.91 Å². The number of amides is 1. The lowest BCUT2D eigenvalue weighted by molar-refractivity contribution is -0.114. The number of rotatable bonds is 7. The van der Waals surface area contributed by atoms with Crippen LogP contribution < -0.4 is 14.8 Å². The fraction of sp³-hybridized carbons (Fsp3) is 0.300. The highest BCUT2D eigenvalue weighted by Crippen LogP contribution is 2.18. The average molecular weight is 341 g/mol. The number of hydrogen-bond acceptors (Lipinski definition) is 4. The van der Waals surface area contributed by atoms with Crippen LogP contribution in [0.25, 0.3) is 0 Å². The summed E-state index contributed by atoms with van der Waals surface area (Å²) >= 11 is 0. The van der Waals surface area contributed by atoms with E-state index in [4.69, 9.17) is 9.47 Å². The molecule has 0 aliphatic heterocycles. The molecule has 2 rings (SSSR count). The predicted octanol–water partition coefficient (Wildman–Crippen LogP) is 4.29. The molecule has 2 aromatic rings. The Morgan fingerprint density at radius 2 is 1.56 bits per heavy atom. The lowest BCUT2D eigenvalue weighted by Crippen LogP contribution is -2.09. The molecule has 25 heavy (non-hydrogen) atoms. The van der Waals surface area contributed by atoms with E-state index in [0.29, 0.717) is 29.5 Å². The van der Waals surface area contributed by atoms with Crippen LogP contribution in [0.4, 0.5) is 5.69 Å². The van der Waals surface area contributed by atoms with E-state index in [0.717, 1.165) is 12.2 Å². The van der Waals surface area contributed by atoms with E-state index in [9.17, 15) is 9.59 Å². The number of esters is 1. The zero-order valence-corrected chi connectivity index (χ0v) is 14.7. The Hall–Kier alpha value is -2.82. The van der Waals surface area contributed by atoms with Gasteiger partial charge in [-0.25, -0.2) is 4.79 Å². The Bertz CT molecular complexity index is 705. The zero-order valence-electron chi connectivity index (χ0n) is 14.7. The minimum absolute atomic E-state index is 0.152. The van der Waals surface area contributed by atoms with Crippen LogP contribution in [0.15, 0.2) is 48.5 Å². The second-order valence-electron chi connectivity index (χ2n) is 6.15. The average Bonchev–Trinajstić information content (AvgIpc) is 2.56. The van der Waals surface area contributed by atoms with Gasteiger partial charge in [-0.05, 0) is 60.9 Å². The first-order chi connectivity index (χ1) is 11.9. The number of carbonyl (C=O) groups is 2. The molecule has 2 aromatic carbocycles. The molecule has 0 fully saturated rings. The quantitative estimate of drug-likeness (QED) is 0.603. The normalized spacial score (nSPS) is 10.4. The van der Waals surface area contributed by atoms with Crippen molar-refractivity contribution in [1.29, 1.82) is 0 Å². The summed E-state index contributed by atoms with van der Waals surface area (Å²) in [4.78, 5) is 23.1. The topological polar surface area (TPSA) is 64.6 Å². The van der Waals surface area contributed by atoms with E-state index in [2.05, 4.69) is 19.2 Å². The SMILES string of the molecule is CC(=O)Nc1ccc(OC(=O)c2ccc(OCCC(C)C)cc2)cc1. The molecule has 132 valence electrons. The second-order valence-corrected chi connectivity index (χ2v) is 6.15. The van der Waals surface area contributed by atoms with Crippen LogP contribution in [0.1, 0.15) is 37.6 Å². The molecule has 0 unspecified atom stereocenters. The van der Waals surface area contributed by atoms with Gasteiger partial charge in [-0.15, -0.1) is 0 Å². The van der Waals surface area contributed by atoms with E-state index in [1.165, 1.54) is 6.92 Å². The predicted molar refractivity (Wildman–Crippen MR) is 97.1 cm³/mol. The lowest BCUT2D eigenvalue weighted by Gasteiger charge is -2.09. The molecule has 0 bridgehead atoms. The minimum Gasteiger partial charge on any atom is -0.494 e. The van der Waals surface area contributed by atoms with Crippen molar-refractivity contribution in [1.82, 2.24) is 0 Å². The van der Waals surface area contributed by atoms with Crippen molar-refractivity contribution in [2.45, 2.75) is 27.2 Å². The summed E-state index contributed by atoms with van der Waals surface area (Å²) in [5.74, 6) is 1.14. The molecular formula is C20H23NO4. The highest BCUT2D eigenvalue weighted by molar-refractivity contribution is 5.91. The number of benzene rings is 2. The third kappa shape index (κ3) is 6.30. The van der Waals surface area contributed by atoms with Crippen LogP contribution >= 0.6 is 0 Å². The molecule has 5 heteroatoms. The van der Waals surface area contributed by atoms with Gasteiger partial charge in [-0.2, -0.15) is 0 Å². The van der Waals surface area contributed by atoms with Gasteiger partial charge in [0.25, 0.3) is 0 Å². The van der Waals surface area contributed by atoms with Gasteiger partial charge in [-0.3, -0.25) is 4.79 Å². The summed E-state index contributed by atoms with van der Waals surface area (Å²) in [5.41, 5.74) is 1.09. The Morgan fingerprint density at radius 1 is 0.960 bits per heavy atom. The maximum atomic E-state index is 12.2. The minimum atomic E-state index is -0.444. The Kier molecular flexibility index (Phi) is 6.57. The van der Waals surface area contributed by atoms with Crippen LogP contribution in [0.2, 0.25) is 0 Å².